The Hall–Kier alpha value is -2.63. The van der Waals surface area contributed by atoms with E-state index in [-0.39, 0.29) is 43.2 Å². The lowest BCUT2D eigenvalue weighted by molar-refractivity contribution is -0.136. The molecule has 1 amide bonds. The Morgan fingerprint density at radius 3 is 2.79 bits per heavy atom. The van der Waals surface area contributed by atoms with Crippen molar-refractivity contribution in [1.29, 1.82) is 0 Å². The third-order valence-corrected chi connectivity index (χ3v) is 5.71. The van der Waals surface area contributed by atoms with Crippen LogP contribution in [-0.2, 0) is 26.3 Å². The van der Waals surface area contributed by atoms with Crippen LogP contribution >= 0.6 is 0 Å². The normalized spacial score (nSPS) is 32.4. The van der Waals surface area contributed by atoms with Gasteiger partial charge in [0.25, 0.3) is 0 Å². The molecule has 3 aliphatic heterocycles. The minimum atomic E-state index is -0.731. The molecule has 1 aromatic rings. The lowest BCUT2D eigenvalue weighted by Gasteiger charge is -2.46. The summed E-state index contributed by atoms with van der Waals surface area (Å²) in [6.45, 7) is 0.524. The van der Waals surface area contributed by atoms with Crippen molar-refractivity contribution in [2.75, 3.05) is 13.3 Å². The van der Waals surface area contributed by atoms with Gasteiger partial charge in [-0.25, -0.2) is 0 Å². The van der Waals surface area contributed by atoms with Crippen molar-refractivity contribution in [3.8, 4) is 11.5 Å². The van der Waals surface area contributed by atoms with Crippen LogP contribution in [0, 0.1) is 11.8 Å². The molecule has 1 aromatic carbocycles. The predicted molar refractivity (Wildman–Crippen MR) is 81.5 cm³/mol. The predicted octanol–water partition coefficient (Wildman–Crippen LogP) is 0.969. The first-order valence-electron chi connectivity index (χ1n) is 8.04. The number of fused-ring (bicyclic) bond motifs is 2. The summed E-state index contributed by atoms with van der Waals surface area (Å²) in [5.41, 5.74) is 1.10. The fraction of sp³-hybridized carbons (Fsp3) is 0.389. The van der Waals surface area contributed by atoms with Crippen molar-refractivity contribution in [2.45, 2.75) is 18.4 Å². The van der Waals surface area contributed by atoms with Crippen LogP contribution in [0.15, 0.2) is 24.3 Å². The molecule has 0 N–H and O–H groups in total. The summed E-state index contributed by atoms with van der Waals surface area (Å²) in [5, 5.41) is 0. The molecule has 1 unspecified atom stereocenters. The molecule has 0 bridgehead atoms. The maximum Gasteiger partial charge on any atom is 0.231 e. The lowest BCUT2D eigenvalue weighted by atomic mass is 9.67. The van der Waals surface area contributed by atoms with Crippen LogP contribution in [0.1, 0.15) is 17.5 Å². The van der Waals surface area contributed by atoms with Crippen molar-refractivity contribution < 1.29 is 23.9 Å². The van der Waals surface area contributed by atoms with Crippen molar-refractivity contribution in [3.05, 3.63) is 35.4 Å². The first kappa shape index (κ1) is 13.8. The second-order valence-corrected chi connectivity index (χ2v) is 6.78. The number of hydrogen-bond donors (Lipinski definition) is 0. The van der Waals surface area contributed by atoms with Gasteiger partial charge < -0.3 is 19.2 Å². The Kier molecular flexibility index (Phi) is 2.56. The van der Waals surface area contributed by atoms with E-state index in [0.717, 1.165) is 17.4 Å². The second-order valence-electron chi connectivity index (χ2n) is 6.78. The quantitative estimate of drug-likeness (QED) is 0.720. The van der Waals surface area contributed by atoms with Gasteiger partial charge in [-0.1, -0.05) is 6.08 Å². The molecule has 1 saturated heterocycles. The van der Waals surface area contributed by atoms with Gasteiger partial charge >= 0.3 is 0 Å². The number of carbonyl (C=O) groups is 3. The summed E-state index contributed by atoms with van der Waals surface area (Å²) in [6.07, 6.45) is 4.79. The van der Waals surface area contributed by atoms with Gasteiger partial charge in [0.15, 0.2) is 17.3 Å². The van der Waals surface area contributed by atoms with Crippen LogP contribution in [0.5, 0.6) is 11.5 Å². The van der Waals surface area contributed by atoms with Crippen LogP contribution in [0.25, 0.3) is 0 Å². The number of allylic oxidation sites excluding steroid dienone is 1. The number of carbonyl (C=O) groups excluding carboxylic acids is 3. The summed E-state index contributed by atoms with van der Waals surface area (Å²) in [4.78, 5) is 38.1. The molecule has 3 heterocycles. The number of hydrogen-bond acceptors (Lipinski definition) is 5. The number of ketones is 1. The molecular weight excluding hydrogens is 310 g/mol. The molecule has 1 aliphatic carbocycles. The highest BCUT2D eigenvalue weighted by Crippen LogP contribution is 2.55. The van der Waals surface area contributed by atoms with Gasteiger partial charge in [0.05, 0.1) is 12.0 Å². The minimum absolute atomic E-state index is 0.000333. The molecule has 6 nitrogen and oxygen atoms in total. The SMILES string of the molecule is O=C[C@H]1CN2C(=O)Cc3cc4c(cc3[C@]23C=CC(=O)CC13)OCO4. The highest BCUT2D eigenvalue weighted by Gasteiger charge is 2.59. The first-order valence-corrected chi connectivity index (χ1v) is 8.04. The molecule has 24 heavy (non-hydrogen) atoms. The molecule has 0 aromatic heterocycles. The van der Waals surface area contributed by atoms with E-state index < -0.39 is 5.54 Å². The maximum atomic E-state index is 12.8. The van der Waals surface area contributed by atoms with Crippen LogP contribution in [0.3, 0.4) is 0 Å². The van der Waals surface area contributed by atoms with Crippen LogP contribution in [0.4, 0.5) is 0 Å². The Bertz CT molecular complexity index is 829. The third kappa shape index (κ3) is 1.53. The summed E-state index contributed by atoms with van der Waals surface area (Å²) in [6, 6.07) is 3.77. The van der Waals surface area contributed by atoms with Crippen molar-refractivity contribution in [1.82, 2.24) is 4.90 Å². The number of rotatable bonds is 1. The largest absolute Gasteiger partial charge is 0.454 e. The van der Waals surface area contributed by atoms with Gasteiger partial charge in [0.1, 0.15) is 6.29 Å². The molecule has 3 atom stereocenters. The van der Waals surface area contributed by atoms with Gasteiger partial charge in [-0.15, -0.1) is 0 Å². The monoisotopic (exact) mass is 325 g/mol. The topological polar surface area (TPSA) is 72.9 Å². The van der Waals surface area contributed by atoms with Crippen LogP contribution in [-0.4, -0.2) is 36.2 Å². The van der Waals surface area contributed by atoms with Gasteiger partial charge in [-0.2, -0.15) is 0 Å². The number of ether oxygens (including phenoxy) is 2. The molecular formula is C18H15NO5. The average molecular weight is 325 g/mol. The molecule has 1 fully saturated rings. The second kappa shape index (κ2) is 4.47. The number of aldehydes is 1. The molecule has 5 rings (SSSR count). The Balaban J connectivity index is 1.79. The Morgan fingerprint density at radius 2 is 2.00 bits per heavy atom. The molecule has 4 aliphatic rings. The average Bonchev–Trinajstić information content (AvgIpc) is 3.15. The van der Waals surface area contributed by atoms with E-state index in [9.17, 15) is 14.4 Å². The number of nitrogens with zero attached hydrogens (tertiary/aromatic N) is 1. The first-order chi connectivity index (χ1) is 11.6. The Labute approximate surface area is 138 Å². The zero-order valence-corrected chi connectivity index (χ0v) is 12.9. The van der Waals surface area contributed by atoms with Crippen molar-refractivity contribution in [2.24, 2.45) is 11.8 Å². The lowest BCUT2D eigenvalue weighted by Crippen LogP contribution is -2.52. The van der Waals surface area contributed by atoms with E-state index in [4.69, 9.17) is 9.47 Å². The summed E-state index contributed by atoms with van der Waals surface area (Å²) < 4.78 is 10.9. The molecule has 0 saturated carbocycles. The minimum Gasteiger partial charge on any atom is -0.454 e. The molecule has 1 spiro atoms. The summed E-state index contributed by atoms with van der Waals surface area (Å²) in [7, 11) is 0. The van der Waals surface area contributed by atoms with Crippen LogP contribution < -0.4 is 9.47 Å². The van der Waals surface area contributed by atoms with Crippen molar-refractivity contribution >= 4 is 18.0 Å². The molecule has 6 heteroatoms. The summed E-state index contributed by atoms with van der Waals surface area (Å²) >= 11 is 0. The fourth-order valence-electron chi connectivity index (χ4n) is 4.68. The summed E-state index contributed by atoms with van der Waals surface area (Å²) in [5.74, 6) is 0.712. The fourth-order valence-corrected chi connectivity index (χ4v) is 4.68. The smallest absolute Gasteiger partial charge is 0.231 e. The maximum absolute atomic E-state index is 12.8. The molecule has 122 valence electrons. The highest BCUT2D eigenvalue weighted by molar-refractivity contribution is 5.94. The molecule has 0 radical (unpaired) electrons. The van der Waals surface area contributed by atoms with Gasteiger partial charge in [0.2, 0.25) is 12.7 Å². The van der Waals surface area contributed by atoms with Gasteiger partial charge in [-0.05, 0) is 29.3 Å². The van der Waals surface area contributed by atoms with Gasteiger partial charge in [-0.3, -0.25) is 9.59 Å². The third-order valence-electron chi connectivity index (χ3n) is 5.71. The van der Waals surface area contributed by atoms with Crippen molar-refractivity contribution in [3.63, 3.8) is 0 Å². The van der Waals surface area contributed by atoms with E-state index in [0.29, 0.717) is 18.0 Å². The van der Waals surface area contributed by atoms with Gasteiger partial charge in [0, 0.05) is 24.8 Å². The van der Waals surface area contributed by atoms with E-state index >= 15 is 0 Å². The van der Waals surface area contributed by atoms with Crippen LogP contribution in [0.2, 0.25) is 0 Å². The number of amides is 1. The van der Waals surface area contributed by atoms with E-state index in [1.807, 2.05) is 18.2 Å². The highest BCUT2D eigenvalue weighted by atomic mass is 16.7. The zero-order valence-electron chi connectivity index (χ0n) is 12.9. The van der Waals surface area contributed by atoms with E-state index in [1.54, 1.807) is 11.0 Å². The van der Waals surface area contributed by atoms with E-state index in [2.05, 4.69) is 0 Å². The Morgan fingerprint density at radius 1 is 1.21 bits per heavy atom. The van der Waals surface area contributed by atoms with E-state index in [1.165, 1.54) is 0 Å². The zero-order chi connectivity index (χ0) is 16.5. The standard InChI is InChI=1S/C18H15NO5/c20-8-11-7-19-17(22)4-10-3-15-16(24-9-23-15)6-14(10)18(19)2-1-12(21)5-13(11)18/h1-3,6,8,11,13H,4-5,7,9H2/t11-,13?,18-/m1/s1. The number of benzene rings is 1.